The van der Waals surface area contributed by atoms with Crippen molar-refractivity contribution in [1.82, 2.24) is 14.7 Å². The highest BCUT2D eigenvalue weighted by Gasteiger charge is 2.23. The average molecular weight is 466 g/mol. The summed E-state index contributed by atoms with van der Waals surface area (Å²) >= 11 is 5.96. The summed E-state index contributed by atoms with van der Waals surface area (Å²) in [6, 6.07) is 18.1. The quantitative estimate of drug-likeness (QED) is 0.555. The number of hydrogen-bond donors (Lipinski definition) is 0. The third-order valence-corrected chi connectivity index (χ3v) is 6.24. The fourth-order valence-corrected chi connectivity index (χ4v) is 4.19. The predicted molar refractivity (Wildman–Crippen MR) is 133 cm³/mol. The number of hydrogen-bond acceptors (Lipinski definition) is 5. The van der Waals surface area contributed by atoms with Crippen LogP contribution in [0.4, 0.5) is 11.5 Å². The van der Waals surface area contributed by atoms with E-state index in [2.05, 4.69) is 28.7 Å². The van der Waals surface area contributed by atoms with Crippen LogP contribution in [0, 0.1) is 0 Å². The van der Waals surface area contributed by atoms with E-state index in [0.29, 0.717) is 48.3 Å². The molecule has 1 aliphatic rings. The van der Waals surface area contributed by atoms with Crippen LogP contribution < -0.4 is 15.4 Å². The highest BCUT2D eigenvalue weighted by Crippen LogP contribution is 2.19. The van der Waals surface area contributed by atoms with Crippen molar-refractivity contribution in [2.75, 3.05) is 49.1 Å². The Balaban J connectivity index is 1.43. The highest BCUT2D eigenvalue weighted by atomic mass is 35.5. The molecule has 172 valence electrons. The molecule has 0 bridgehead atoms. The van der Waals surface area contributed by atoms with Crippen molar-refractivity contribution in [2.24, 2.45) is 0 Å². The van der Waals surface area contributed by atoms with E-state index in [1.807, 2.05) is 29.2 Å². The Morgan fingerprint density at radius 3 is 2.15 bits per heavy atom. The molecule has 3 aromatic rings. The van der Waals surface area contributed by atoms with Gasteiger partial charge in [0, 0.05) is 61.6 Å². The van der Waals surface area contributed by atoms with E-state index in [4.69, 9.17) is 11.6 Å². The lowest BCUT2D eigenvalue weighted by atomic mass is 10.1. The van der Waals surface area contributed by atoms with E-state index >= 15 is 0 Å². The summed E-state index contributed by atoms with van der Waals surface area (Å²) in [5.41, 5.74) is 2.29. The minimum absolute atomic E-state index is 0.0415. The van der Waals surface area contributed by atoms with Crippen LogP contribution in [0.1, 0.15) is 24.2 Å². The Morgan fingerprint density at radius 2 is 1.55 bits per heavy atom. The number of piperazine rings is 1. The van der Waals surface area contributed by atoms with Crippen LogP contribution in [-0.2, 0) is 0 Å². The number of carbonyl (C=O) groups excluding carboxylic acids is 1. The molecule has 4 rings (SSSR count). The second-order valence-corrected chi connectivity index (χ2v) is 8.35. The zero-order valence-electron chi connectivity index (χ0n) is 18.9. The van der Waals surface area contributed by atoms with Crippen LogP contribution in [0.3, 0.4) is 0 Å². The van der Waals surface area contributed by atoms with E-state index in [0.717, 1.165) is 18.8 Å². The van der Waals surface area contributed by atoms with Crippen molar-refractivity contribution >= 4 is 29.0 Å². The van der Waals surface area contributed by atoms with Crippen molar-refractivity contribution in [1.29, 1.82) is 0 Å². The summed E-state index contributed by atoms with van der Waals surface area (Å²) in [5, 5.41) is 5.15. The topological polar surface area (TPSA) is 61.7 Å². The monoisotopic (exact) mass is 465 g/mol. The van der Waals surface area contributed by atoms with Gasteiger partial charge in [-0.2, -0.15) is 4.68 Å². The molecule has 1 amide bonds. The molecule has 1 aromatic heterocycles. The van der Waals surface area contributed by atoms with Gasteiger partial charge in [-0.3, -0.25) is 9.59 Å². The second kappa shape index (κ2) is 10.1. The van der Waals surface area contributed by atoms with Crippen molar-refractivity contribution < 1.29 is 4.79 Å². The fourth-order valence-electron chi connectivity index (χ4n) is 4.06. The molecule has 2 aromatic carbocycles. The number of carbonyl (C=O) groups is 1. The maximum atomic E-state index is 13.0. The van der Waals surface area contributed by atoms with Crippen LogP contribution in [0.5, 0.6) is 0 Å². The minimum atomic E-state index is -0.206. The fraction of sp³-hybridized carbons (Fsp3) is 0.320. The summed E-state index contributed by atoms with van der Waals surface area (Å²) in [7, 11) is 0. The van der Waals surface area contributed by atoms with Crippen LogP contribution in [0.15, 0.2) is 65.5 Å². The maximum absolute atomic E-state index is 13.0. The van der Waals surface area contributed by atoms with Gasteiger partial charge >= 0.3 is 0 Å². The molecule has 0 radical (unpaired) electrons. The largest absolute Gasteiger partial charge is 0.372 e. The number of halogens is 1. The number of aromatic nitrogens is 2. The number of benzene rings is 2. The molecule has 8 heteroatoms. The van der Waals surface area contributed by atoms with Crippen LogP contribution in [0.25, 0.3) is 5.69 Å². The minimum Gasteiger partial charge on any atom is -0.372 e. The summed E-state index contributed by atoms with van der Waals surface area (Å²) < 4.78 is 1.38. The Hall–Kier alpha value is -3.32. The molecule has 7 nitrogen and oxygen atoms in total. The lowest BCUT2D eigenvalue weighted by molar-refractivity contribution is 0.0746. The lowest BCUT2D eigenvalue weighted by Gasteiger charge is -2.35. The summed E-state index contributed by atoms with van der Waals surface area (Å²) in [5.74, 6) is 0.750. The van der Waals surface area contributed by atoms with Gasteiger partial charge < -0.3 is 14.7 Å². The Morgan fingerprint density at radius 1 is 0.909 bits per heavy atom. The van der Waals surface area contributed by atoms with Gasteiger partial charge in [0.2, 0.25) is 0 Å². The number of amides is 1. The molecule has 1 fully saturated rings. The summed E-state index contributed by atoms with van der Waals surface area (Å²) in [4.78, 5) is 31.6. The Labute approximate surface area is 198 Å². The average Bonchev–Trinajstić information content (AvgIpc) is 2.86. The molecule has 33 heavy (non-hydrogen) atoms. The molecular weight excluding hydrogens is 438 g/mol. The predicted octanol–water partition coefficient (Wildman–Crippen LogP) is 3.69. The zero-order chi connectivity index (χ0) is 23.4. The number of anilines is 2. The molecule has 1 saturated heterocycles. The first-order valence-corrected chi connectivity index (χ1v) is 11.6. The molecule has 0 unspecified atom stereocenters. The van der Waals surface area contributed by atoms with Crippen LogP contribution in [-0.4, -0.2) is 59.9 Å². The molecule has 1 aliphatic heterocycles. The first-order chi connectivity index (χ1) is 16.0. The normalized spacial score (nSPS) is 13.8. The van der Waals surface area contributed by atoms with Crippen molar-refractivity contribution in [3.05, 3.63) is 81.6 Å². The Bertz CT molecular complexity index is 1150. The molecule has 0 aliphatic carbocycles. The van der Waals surface area contributed by atoms with Gasteiger partial charge in [-0.15, -0.1) is 5.10 Å². The summed E-state index contributed by atoms with van der Waals surface area (Å²) in [6.45, 7) is 8.61. The van der Waals surface area contributed by atoms with E-state index in [-0.39, 0.29) is 11.5 Å². The first-order valence-electron chi connectivity index (χ1n) is 11.3. The van der Waals surface area contributed by atoms with Crippen LogP contribution >= 0.6 is 11.6 Å². The first kappa shape index (κ1) is 22.9. The summed E-state index contributed by atoms with van der Waals surface area (Å²) in [6.07, 6.45) is 0. The maximum Gasteiger partial charge on any atom is 0.271 e. The van der Waals surface area contributed by atoms with Gasteiger partial charge in [0.1, 0.15) is 5.82 Å². The smallest absolute Gasteiger partial charge is 0.271 e. The van der Waals surface area contributed by atoms with E-state index in [1.54, 1.807) is 30.3 Å². The van der Waals surface area contributed by atoms with Gasteiger partial charge in [-0.25, -0.2) is 0 Å². The molecule has 0 N–H and O–H groups in total. The van der Waals surface area contributed by atoms with Crippen molar-refractivity contribution in [3.63, 3.8) is 0 Å². The van der Waals surface area contributed by atoms with E-state index < -0.39 is 0 Å². The molecular formula is C25H28ClN5O2. The van der Waals surface area contributed by atoms with E-state index in [9.17, 15) is 9.59 Å². The number of nitrogens with zero attached hydrogens (tertiary/aromatic N) is 5. The highest BCUT2D eigenvalue weighted by molar-refractivity contribution is 6.30. The Kier molecular flexibility index (Phi) is 6.99. The third-order valence-electron chi connectivity index (χ3n) is 5.99. The third kappa shape index (κ3) is 5.03. The van der Waals surface area contributed by atoms with Crippen molar-refractivity contribution in [2.45, 2.75) is 13.8 Å². The van der Waals surface area contributed by atoms with Gasteiger partial charge in [-0.05, 0) is 68.4 Å². The molecule has 0 saturated carbocycles. The lowest BCUT2D eigenvalue weighted by Crippen LogP contribution is -2.49. The number of rotatable bonds is 6. The van der Waals surface area contributed by atoms with E-state index in [1.165, 1.54) is 10.7 Å². The molecule has 2 heterocycles. The van der Waals surface area contributed by atoms with Gasteiger partial charge in [-0.1, -0.05) is 11.6 Å². The van der Waals surface area contributed by atoms with Gasteiger partial charge in [0.05, 0.1) is 5.69 Å². The molecule has 0 spiro atoms. The zero-order valence-corrected chi connectivity index (χ0v) is 19.7. The second-order valence-electron chi connectivity index (χ2n) is 7.92. The van der Waals surface area contributed by atoms with Gasteiger partial charge in [0.25, 0.3) is 11.5 Å². The van der Waals surface area contributed by atoms with Gasteiger partial charge in [0.15, 0.2) is 0 Å². The standard InChI is InChI=1S/C25H28ClN5O2/c1-3-28(4-2)21-9-5-19(6-10-21)25(33)30-17-15-29(16-18-30)23-13-14-24(32)31(27-23)22-11-7-20(26)8-12-22/h5-14H,3-4,15-18H2,1-2H3. The van der Waals surface area contributed by atoms with Crippen LogP contribution in [0.2, 0.25) is 5.02 Å². The molecule has 0 atom stereocenters. The van der Waals surface area contributed by atoms with Crippen molar-refractivity contribution in [3.8, 4) is 5.69 Å². The SMILES string of the molecule is CCN(CC)c1ccc(C(=O)N2CCN(c3ccc(=O)n(-c4ccc(Cl)cc4)n3)CC2)cc1.